The van der Waals surface area contributed by atoms with Crippen LogP contribution >= 0.6 is 12.4 Å². The number of hydrogen-bond acceptors (Lipinski definition) is 5. The van der Waals surface area contributed by atoms with Crippen molar-refractivity contribution in [3.05, 3.63) is 23.8 Å². The molecule has 5 nitrogen and oxygen atoms in total. The predicted molar refractivity (Wildman–Crippen MR) is 92.0 cm³/mol. The van der Waals surface area contributed by atoms with Crippen LogP contribution in [0.5, 0.6) is 5.75 Å². The number of benzene rings is 1. The lowest BCUT2D eigenvalue weighted by Gasteiger charge is -2.18. The number of likely N-dealkylation sites (N-methyl/N-ethyl adjacent to an activating group) is 1. The summed E-state index contributed by atoms with van der Waals surface area (Å²) >= 11 is 0. The standard InChI is InChI=1S/C16H26N2O3.ClH/c1-4-10-20-15-12-13(17)7-8-14(15)16(19)21-11-9-18(5-2)6-3;/h7-8,12H,4-6,9-11,17H2,1-3H3;1H. The fourth-order valence-electron chi connectivity index (χ4n) is 1.92. The zero-order valence-corrected chi connectivity index (χ0v) is 14.4. The van der Waals surface area contributed by atoms with E-state index in [1.54, 1.807) is 18.2 Å². The fourth-order valence-corrected chi connectivity index (χ4v) is 1.92. The molecule has 1 rings (SSSR count). The molecule has 6 heteroatoms. The minimum atomic E-state index is -0.367. The Balaban J connectivity index is 0.00000441. The summed E-state index contributed by atoms with van der Waals surface area (Å²) in [5.41, 5.74) is 6.73. The molecule has 0 saturated heterocycles. The topological polar surface area (TPSA) is 64.8 Å². The molecule has 0 aromatic heterocycles. The van der Waals surface area contributed by atoms with E-state index in [9.17, 15) is 4.79 Å². The number of anilines is 1. The van der Waals surface area contributed by atoms with Crippen molar-refractivity contribution in [2.24, 2.45) is 0 Å². The van der Waals surface area contributed by atoms with Gasteiger partial charge < -0.3 is 20.1 Å². The molecule has 0 aliphatic heterocycles. The van der Waals surface area contributed by atoms with E-state index in [1.807, 2.05) is 6.92 Å². The molecule has 0 aliphatic rings. The van der Waals surface area contributed by atoms with Gasteiger partial charge in [0.2, 0.25) is 0 Å². The monoisotopic (exact) mass is 330 g/mol. The van der Waals surface area contributed by atoms with E-state index in [1.165, 1.54) is 0 Å². The highest BCUT2D eigenvalue weighted by Crippen LogP contribution is 2.23. The number of rotatable bonds is 9. The summed E-state index contributed by atoms with van der Waals surface area (Å²) in [4.78, 5) is 14.3. The van der Waals surface area contributed by atoms with E-state index in [2.05, 4.69) is 18.7 Å². The second kappa shape index (κ2) is 11.2. The average molecular weight is 331 g/mol. The molecule has 1 aromatic carbocycles. The van der Waals surface area contributed by atoms with Crippen LogP contribution < -0.4 is 10.5 Å². The van der Waals surface area contributed by atoms with Crippen LogP contribution in [-0.4, -0.2) is 43.7 Å². The van der Waals surface area contributed by atoms with E-state index in [0.29, 0.717) is 30.2 Å². The molecule has 0 aliphatic carbocycles. The highest BCUT2D eigenvalue weighted by Gasteiger charge is 2.14. The van der Waals surface area contributed by atoms with Crippen molar-refractivity contribution in [2.45, 2.75) is 27.2 Å². The van der Waals surface area contributed by atoms with Gasteiger partial charge in [-0.05, 0) is 31.6 Å². The molecular weight excluding hydrogens is 304 g/mol. The number of carbonyl (C=O) groups excluding carboxylic acids is 1. The summed E-state index contributed by atoms with van der Waals surface area (Å²) in [5.74, 6) is 0.123. The summed E-state index contributed by atoms with van der Waals surface area (Å²) < 4.78 is 10.9. The number of carbonyl (C=O) groups is 1. The van der Waals surface area contributed by atoms with Gasteiger partial charge in [-0.2, -0.15) is 0 Å². The van der Waals surface area contributed by atoms with E-state index < -0.39 is 0 Å². The maximum absolute atomic E-state index is 12.1. The maximum atomic E-state index is 12.1. The lowest BCUT2D eigenvalue weighted by atomic mass is 10.2. The molecule has 0 radical (unpaired) electrons. The third kappa shape index (κ3) is 6.54. The number of hydrogen-bond donors (Lipinski definition) is 1. The Morgan fingerprint density at radius 3 is 2.45 bits per heavy atom. The van der Waals surface area contributed by atoms with Crippen LogP contribution in [0.2, 0.25) is 0 Å². The van der Waals surface area contributed by atoms with E-state index in [-0.39, 0.29) is 18.4 Å². The first kappa shape index (κ1) is 20.5. The smallest absolute Gasteiger partial charge is 0.341 e. The largest absolute Gasteiger partial charge is 0.493 e. The maximum Gasteiger partial charge on any atom is 0.341 e. The van der Waals surface area contributed by atoms with Crippen molar-refractivity contribution in [1.82, 2.24) is 4.90 Å². The van der Waals surface area contributed by atoms with Crippen molar-refractivity contribution in [1.29, 1.82) is 0 Å². The predicted octanol–water partition coefficient (Wildman–Crippen LogP) is 2.98. The Morgan fingerprint density at radius 2 is 1.86 bits per heavy atom. The highest BCUT2D eigenvalue weighted by atomic mass is 35.5. The normalized spacial score (nSPS) is 10.2. The van der Waals surface area contributed by atoms with Crippen molar-refractivity contribution < 1.29 is 14.3 Å². The summed E-state index contributed by atoms with van der Waals surface area (Å²) in [6.07, 6.45) is 0.866. The highest BCUT2D eigenvalue weighted by molar-refractivity contribution is 5.93. The van der Waals surface area contributed by atoms with Crippen LogP contribution in [0.3, 0.4) is 0 Å². The number of nitrogens with two attached hydrogens (primary N) is 1. The third-order valence-electron chi connectivity index (χ3n) is 3.22. The molecule has 126 valence electrons. The van der Waals surface area contributed by atoms with Crippen LogP contribution in [-0.2, 0) is 4.74 Å². The number of esters is 1. The Kier molecular flexibility index (Phi) is 10.4. The first-order valence-corrected chi connectivity index (χ1v) is 7.54. The minimum Gasteiger partial charge on any atom is -0.493 e. The molecule has 0 heterocycles. The Bertz CT molecular complexity index is 451. The number of ether oxygens (including phenoxy) is 2. The summed E-state index contributed by atoms with van der Waals surface area (Å²) in [6.45, 7) is 9.72. The molecule has 0 fully saturated rings. The van der Waals surface area contributed by atoms with Gasteiger partial charge in [0.1, 0.15) is 17.9 Å². The summed E-state index contributed by atoms with van der Waals surface area (Å²) in [6, 6.07) is 5.00. The zero-order chi connectivity index (χ0) is 15.7. The van der Waals surface area contributed by atoms with Crippen molar-refractivity contribution in [3.8, 4) is 5.75 Å². The first-order chi connectivity index (χ1) is 10.1. The molecule has 0 spiro atoms. The van der Waals surface area contributed by atoms with Crippen LogP contribution in [0.15, 0.2) is 18.2 Å². The van der Waals surface area contributed by atoms with E-state index in [0.717, 1.165) is 26.1 Å². The van der Waals surface area contributed by atoms with Crippen molar-refractivity contribution >= 4 is 24.1 Å². The van der Waals surface area contributed by atoms with E-state index >= 15 is 0 Å². The second-order valence-electron chi connectivity index (χ2n) is 4.77. The van der Waals surface area contributed by atoms with Gasteiger partial charge >= 0.3 is 5.97 Å². The van der Waals surface area contributed by atoms with Gasteiger partial charge in [0.15, 0.2) is 0 Å². The summed E-state index contributed by atoms with van der Waals surface area (Å²) in [7, 11) is 0. The molecule has 0 atom stereocenters. The van der Waals surface area contributed by atoms with Crippen LogP contribution in [0.1, 0.15) is 37.6 Å². The quantitative estimate of drug-likeness (QED) is 0.557. The molecule has 1 aromatic rings. The zero-order valence-electron chi connectivity index (χ0n) is 13.6. The second-order valence-corrected chi connectivity index (χ2v) is 4.77. The lowest BCUT2D eigenvalue weighted by Crippen LogP contribution is -2.28. The third-order valence-corrected chi connectivity index (χ3v) is 3.22. The molecule has 22 heavy (non-hydrogen) atoms. The van der Waals surface area contributed by atoms with Gasteiger partial charge in [-0.3, -0.25) is 0 Å². The molecular formula is C16H27ClN2O3. The Morgan fingerprint density at radius 1 is 1.18 bits per heavy atom. The van der Waals surface area contributed by atoms with Crippen LogP contribution in [0.25, 0.3) is 0 Å². The fraction of sp³-hybridized carbons (Fsp3) is 0.562. The first-order valence-electron chi connectivity index (χ1n) is 7.54. The number of nitrogen functional groups attached to an aromatic ring is 1. The molecule has 0 saturated carbocycles. The minimum absolute atomic E-state index is 0. The Hall–Kier alpha value is -1.46. The summed E-state index contributed by atoms with van der Waals surface area (Å²) in [5, 5.41) is 0. The van der Waals surface area contributed by atoms with Gasteiger partial charge in [-0.25, -0.2) is 4.79 Å². The van der Waals surface area contributed by atoms with Gasteiger partial charge in [-0.15, -0.1) is 12.4 Å². The SMILES string of the molecule is CCCOc1cc(N)ccc1C(=O)OCCN(CC)CC.Cl. The van der Waals surface area contributed by atoms with Gasteiger partial charge in [0.05, 0.1) is 6.61 Å². The lowest BCUT2D eigenvalue weighted by molar-refractivity contribution is 0.0462. The van der Waals surface area contributed by atoms with Crippen molar-refractivity contribution in [3.63, 3.8) is 0 Å². The van der Waals surface area contributed by atoms with Crippen LogP contribution in [0.4, 0.5) is 5.69 Å². The number of nitrogens with zero attached hydrogens (tertiary/aromatic N) is 1. The van der Waals surface area contributed by atoms with Gasteiger partial charge in [-0.1, -0.05) is 20.8 Å². The van der Waals surface area contributed by atoms with Crippen molar-refractivity contribution in [2.75, 3.05) is 38.6 Å². The van der Waals surface area contributed by atoms with E-state index in [4.69, 9.17) is 15.2 Å². The molecule has 0 amide bonds. The molecule has 0 unspecified atom stereocenters. The Labute approximate surface area is 139 Å². The van der Waals surface area contributed by atoms with Crippen LogP contribution in [0, 0.1) is 0 Å². The molecule has 2 N–H and O–H groups in total. The van der Waals surface area contributed by atoms with Gasteiger partial charge in [0.25, 0.3) is 0 Å². The average Bonchev–Trinajstić information content (AvgIpc) is 2.49. The van der Waals surface area contributed by atoms with Gasteiger partial charge in [0, 0.05) is 18.3 Å². The number of halogens is 1. The molecule has 0 bridgehead atoms.